The predicted octanol–water partition coefficient (Wildman–Crippen LogP) is -0.446. The first-order chi connectivity index (χ1) is 5.22. The summed E-state index contributed by atoms with van der Waals surface area (Å²) in [4.78, 5) is 21.3. The molecule has 0 aliphatic carbocycles. The summed E-state index contributed by atoms with van der Waals surface area (Å²) in [6.45, 7) is 1.76. The van der Waals surface area contributed by atoms with Crippen LogP contribution < -0.4 is 0 Å². The van der Waals surface area contributed by atoms with E-state index in [2.05, 4.69) is 9.47 Å². The monoisotopic (exact) mass is 174 g/mol. The Bertz CT molecular complexity index is 188. The molecule has 0 amide bonds. The van der Waals surface area contributed by atoms with Crippen LogP contribution in [0.25, 0.3) is 0 Å². The van der Waals surface area contributed by atoms with Crippen LogP contribution >= 0.6 is 0 Å². The summed E-state index contributed by atoms with van der Waals surface area (Å²) in [5.74, 6) is -1.08. The lowest BCUT2D eigenvalue weighted by Gasteiger charge is -2.11. The van der Waals surface area contributed by atoms with Gasteiger partial charge in [0.15, 0.2) is 0 Å². The van der Waals surface area contributed by atoms with Gasteiger partial charge in [0.2, 0.25) is 6.29 Å². The van der Waals surface area contributed by atoms with E-state index >= 15 is 0 Å². The van der Waals surface area contributed by atoms with Gasteiger partial charge in [-0.1, -0.05) is 6.92 Å². The van der Waals surface area contributed by atoms with Gasteiger partial charge in [-0.25, -0.2) is 9.59 Å². The molecule has 0 fully saturated rings. The zero-order valence-electron chi connectivity index (χ0n) is 6.57. The molecule has 0 saturated carbocycles. The SMILES string of the molecule is CCC1OC(=O)C=CC(=O)O1.O. The lowest BCUT2D eigenvalue weighted by molar-refractivity contribution is -0.178. The normalized spacial score (nSPS) is 17.4. The Balaban J connectivity index is 0.00000121. The number of esters is 2. The van der Waals surface area contributed by atoms with Crippen molar-refractivity contribution in [1.82, 2.24) is 0 Å². The van der Waals surface area contributed by atoms with Crippen molar-refractivity contribution in [3.63, 3.8) is 0 Å². The van der Waals surface area contributed by atoms with Gasteiger partial charge in [0.1, 0.15) is 0 Å². The maximum Gasteiger partial charge on any atom is 0.334 e. The average molecular weight is 174 g/mol. The van der Waals surface area contributed by atoms with Crippen molar-refractivity contribution in [2.45, 2.75) is 19.6 Å². The maximum absolute atomic E-state index is 10.7. The summed E-state index contributed by atoms with van der Waals surface area (Å²) in [5.41, 5.74) is 0. The first-order valence-electron chi connectivity index (χ1n) is 3.31. The van der Waals surface area contributed by atoms with E-state index in [1.54, 1.807) is 6.92 Å². The van der Waals surface area contributed by atoms with Gasteiger partial charge in [-0.3, -0.25) is 0 Å². The molecular formula is C7H10O5. The Morgan fingerprint density at radius 1 is 1.25 bits per heavy atom. The predicted molar refractivity (Wildman–Crippen MR) is 39.0 cm³/mol. The molecule has 2 N–H and O–H groups in total. The highest BCUT2D eigenvalue weighted by Crippen LogP contribution is 2.05. The van der Waals surface area contributed by atoms with E-state index in [4.69, 9.17) is 0 Å². The largest absolute Gasteiger partial charge is 0.422 e. The van der Waals surface area contributed by atoms with Crippen molar-refractivity contribution in [2.24, 2.45) is 0 Å². The van der Waals surface area contributed by atoms with Gasteiger partial charge in [-0.2, -0.15) is 0 Å². The molecule has 5 nitrogen and oxygen atoms in total. The second-order valence-electron chi connectivity index (χ2n) is 2.04. The van der Waals surface area contributed by atoms with Crippen molar-refractivity contribution >= 4 is 11.9 Å². The van der Waals surface area contributed by atoms with Gasteiger partial charge in [0, 0.05) is 18.6 Å². The zero-order valence-corrected chi connectivity index (χ0v) is 6.57. The van der Waals surface area contributed by atoms with Gasteiger partial charge >= 0.3 is 11.9 Å². The first kappa shape index (κ1) is 10.6. The molecule has 5 heteroatoms. The van der Waals surface area contributed by atoms with Gasteiger partial charge < -0.3 is 14.9 Å². The summed E-state index contributed by atoms with van der Waals surface area (Å²) in [6.07, 6.45) is 1.85. The number of cyclic esters (lactones) is 2. The Morgan fingerprint density at radius 2 is 1.67 bits per heavy atom. The van der Waals surface area contributed by atoms with Crippen LogP contribution in [0.3, 0.4) is 0 Å². The number of rotatable bonds is 1. The summed E-state index contributed by atoms with van der Waals surface area (Å²) in [7, 11) is 0. The van der Waals surface area contributed by atoms with Gasteiger partial charge in [-0.15, -0.1) is 0 Å². The van der Waals surface area contributed by atoms with Crippen molar-refractivity contribution < 1.29 is 24.5 Å². The molecule has 0 unspecified atom stereocenters. The van der Waals surface area contributed by atoms with Gasteiger partial charge in [0.25, 0.3) is 0 Å². The number of hydrogen-bond donors (Lipinski definition) is 0. The van der Waals surface area contributed by atoms with Gasteiger partial charge in [-0.05, 0) is 0 Å². The smallest absolute Gasteiger partial charge is 0.334 e. The summed E-state index contributed by atoms with van der Waals surface area (Å²) >= 11 is 0. The van der Waals surface area contributed by atoms with E-state index in [0.717, 1.165) is 12.2 Å². The standard InChI is InChI=1S/C7H8O4.H2O/c1-2-7-10-5(8)3-4-6(9)11-7;/h3-4,7H,2H2,1H3;1H2. The van der Waals surface area contributed by atoms with Crippen molar-refractivity contribution in [3.8, 4) is 0 Å². The molecule has 1 aliphatic rings. The number of ether oxygens (including phenoxy) is 2. The molecule has 0 atom stereocenters. The molecule has 68 valence electrons. The molecule has 0 radical (unpaired) electrons. The second-order valence-corrected chi connectivity index (χ2v) is 2.04. The van der Waals surface area contributed by atoms with E-state index in [0.29, 0.717) is 6.42 Å². The fraction of sp³-hybridized carbons (Fsp3) is 0.429. The molecule has 1 heterocycles. The van der Waals surface area contributed by atoms with Gasteiger partial charge in [0.05, 0.1) is 0 Å². The molecular weight excluding hydrogens is 164 g/mol. The fourth-order valence-electron chi connectivity index (χ4n) is 0.664. The molecule has 0 spiro atoms. The third-order valence-corrected chi connectivity index (χ3v) is 1.18. The molecule has 0 aromatic carbocycles. The third kappa shape index (κ3) is 2.71. The lowest BCUT2D eigenvalue weighted by atomic mass is 10.5. The topological polar surface area (TPSA) is 84.1 Å². The van der Waals surface area contributed by atoms with Crippen LogP contribution in [0.1, 0.15) is 13.3 Å². The van der Waals surface area contributed by atoms with Crippen LogP contribution in [-0.4, -0.2) is 23.7 Å². The average Bonchev–Trinajstić information content (AvgIpc) is 2.13. The van der Waals surface area contributed by atoms with Crippen LogP contribution in [0.2, 0.25) is 0 Å². The Kier molecular flexibility index (Phi) is 3.99. The number of hydrogen-bond acceptors (Lipinski definition) is 4. The van der Waals surface area contributed by atoms with E-state index < -0.39 is 18.2 Å². The van der Waals surface area contributed by atoms with Crippen LogP contribution in [0.4, 0.5) is 0 Å². The highest BCUT2D eigenvalue weighted by molar-refractivity contribution is 5.92. The second kappa shape index (κ2) is 4.50. The minimum atomic E-state index is -0.731. The first-order valence-corrected chi connectivity index (χ1v) is 3.31. The van der Waals surface area contributed by atoms with E-state index in [1.165, 1.54) is 0 Å². The maximum atomic E-state index is 10.7. The van der Waals surface area contributed by atoms with E-state index in [1.807, 2.05) is 0 Å². The Hall–Kier alpha value is -1.36. The minimum Gasteiger partial charge on any atom is -0.422 e. The Morgan fingerprint density at radius 3 is 2.00 bits per heavy atom. The van der Waals surface area contributed by atoms with Crippen LogP contribution in [-0.2, 0) is 19.1 Å². The van der Waals surface area contributed by atoms with E-state index in [9.17, 15) is 9.59 Å². The van der Waals surface area contributed by atoms with Crippen molar-refractivity contribution in [3.05, 3.63) is 12.2 Å². The fourth-order valence-corrected chi connectivity index (χ4v) is 0.664. The van der Waals surface area contributed by atoms with Crippen molar-refractivity contribution in [1.29, 1.82) is 0 Å². The Labute approximate surface area is 69.3 Å². The summed E-state index contributed by atoms with van der Waals surface area (Å²) in [6, 6.07) is 0. The quantitative estimate of drug-likeness (QED) is 0.504. The molecule has 0 aromatic rings. The number of carbonyl (C=O) groups is 2. The molecule has 12 heavy (non-hydrogen) atoms. The third-order valence-electron chi connectivity index (χ3n) is 1.18. The molecule has 0 saturated heterocycles. The lowest BCUT2D eigenvalue weighted by Crippen LogP contribution is -2.19. The van der Waals surface area contributed by atoms with E-state index in [-0.39, 0.29) is 5.48 Å². The molecule has 0 aromatic heterocycles. The van der Waals surface area contributed by atoms with Crippen LogP contribution in [0, 0.1) is 0 Å². The van der Waals surface area contributed by atoms with Crippen molar-refractivity contribution in [2.75, 3.05) is 0 Å². The molecule has 1 rings (SSSR count). The summed E-state index contributed by atoms with van der Waals surface area (Å²) in [5, 5.41) is 0. The molecule has 0 bridgehead atoms. The van der Waals surface area contributed by atoms with Crippen LogP contribution in [0.15, 0.2) is 12.2 Å². The minimum absolute atomic E-state index is 0. The highest BCUT2D eigenvalue weighted by atomic mass is 16.7. The molecule has 1 aliphatic heterocycles. The zero-order chi connectivity index (χ0) is 8.27. The highest BCUT2D eigenvalue weighted by Gasteiger charge is 2.17. The number of carbonyl (C=O) groups excluding carboxylic acids is 2. The van der Waals surface area contributed by atoms with Crippen LogP contribution in [0.5, 0.6) is 0 Å². The summed E-state index contributed by atoms with van der Waals surface area (Å²) < 4.78 is 9.32.